The molecule has 0 spiro atoms. The monoisotopic (exact) mass is 423 g/mol. The zero-order valence-corrected chi connectivity index (χ0v) is 16.0. The van der Waals surface area contributed by atoms with Crippen molar-refractivity contribution >= 4 is 21.4 Å². The molecular weight excluding hydrogens is 408 g/mol. The van der Waals surface area contributed by atoms with E-state index in [9.17, 15) is 17.2 Å². The minimum Gasteiger partial charge on any atom is -0.479 e. The van der Waals surface area contributed by atoms with Crippen molar-refractivity contribution in [2.75, 3.05) is 0 Å². The number of halogens is 2. The molecule has 5 nitrogen and oxygen atoms in total. The van der Waals surface area contributed by atoms with Crippen molar-refractivity contribution in [3.8, 4) is 22.6 Å². The Morgan fingerprint density at radius 3 is 2.68 bits per heavy atom. The molecule has 146 valence electrons. The molecule has 1 unspecified atom stereocenters. The van der Waals surface area contributed by atoms with Gasteiger partial charge in [0.15, 0.2) is 6.10 Å². The highest BCUT2D eigenvalue weighted by Crippen LogP contribution is 2.50. The molecule has 0 saturated heterocycles. The Hall–Kier alpha value is -2.49. The molecule has 1 aliphatic heterocycles. The molecule has 28 heavy (non-hydrogen) atoms. The number of thiophene rings is 1. The Morgan fingerprint density at radius 2 is 2.00 bits per heavy atom. The molecule has 0 saturated carbocycles. The molecule has 0 radical (unpaired) electrons. The van der Waals surface area contributed by atoms with E-state index >= 15 is 0 Å². The van der Waals surface area contributed by atoms with Crippen LogP contribution >= 0.6 is 11.3 Å². The summed E-state index contributed by atoms with van der Waals surface area (Å²) in [4.78, 5) is 0.903. The van der Waals surface area contributed by atoms with Crippen LogP contribution in [-0.4, -0.2) is 15.0 Å². The van der Waals surface area contributed by atoms with Crippen molar-refractivity contribution in [2.24, 2.45) is 5.14 Å². The number of ether oxygens (including phenoxy) is 2. The first-order valence-corrected chi connectivity index (χ1v) is 10.8. The molecule has 2 N–H and O–H groups in total. The molecule has 4 rings (SSSR count). The van der Waals surface area contributed by atoms with Crippen LogP contribution in [0.3, 0.4) is 0 Å². The number of alkyl halides is 2. The first kappa shape index (κ1) is 18.9. The quantitative estimate of drug-likeness (QED) is 0.664. The van der Waals surface area contributed by atoms with Gasteiger partial charge in [-0.2, -0.15) is 8.78 Å². The van der Waals surface area contributed by atoms with Crippen molar-refractivity contribution in [3.63, 3.8) is 0 Å². The van der Waals surface area contributed by atoms with E-state index in [4.69, 9.17) is 9.88 Å². The summed E-state index contributed by atoms with van der Waals surface area (Å²) in [6.45, 7) is -2.98. The number of hydrogen-bond donors (Lipinski definition) is 1. The number of rotatable bonds is 5. The van der Waals surface area contributed by atoms with E-state index in [1.165, 1.54) is 17.4 Å². The van der Waals surface area contributed by atoms with Gasteiger partial charge in [0.25, 0.3) is 0 Å². The minimum absolute atomic E-state index is 0.00224. The van der Waals surface area contributed by atoms with Gasteiger partial charge >= 0.3 is 6.61 Å². The lowest BCUT2D eigenvalue weighted by Gasteiger charge is -2.30. The van der Waals surface area contributed by atoms with Gasteiger partial charge in [-0.05, 0) is 34.7 Å². The van der Waals surface area contributed by atoms with E-state index in [0.717, 1.165) is 4.88 Å². The maximum Gasteiger partial charge on any atom is 0.387 e. The lowest BCUT2D eigenvalue weighted by molar-refractivity contribution is -0.0496. The van der Waals surface area contributed by atoms with Crippen LogP contribution in [-0.2, 0) is 15.8 Å². The van der Waals surface area contributed by atoms with E-state index in [2.05, 4.69) is 4.74 Å². The second-order valence-corrected chi connectivity index (χ2v) is 8.84. The molecule has 1 aliphatic rings. The van der Waals surface area contributed by atoms with Gasteiger partial charge in [0, 0.05) is 10.4 Å². The summed E-state index contributed by atoms with van der Waals surface area (Å²) < 4.78 is 59.5. The average Bonchev–Trinajstić information content (AvgIpc) is 3.13. The second kappa shape index (κ2) is 7.16. The third kappa shape index (κ3) is 3.73. The van der Waals surface area contributed by atoms with E-state index < -0.39 is 22.7 Å². The highest BCUT2D eigenvalue weighted by Gasteiger charge is 2.31. The minimum atomic E-state index is -3.72. The molecule has 3 aromatic rings. The molecular formula is C19H15F2NO4S2. The van der Waals surface area contributed by atoms with Crippen LogP contribution in [0.5, 0.6) is 11.5 Å². The van der Waals surface area contributed by atoms with Crippen LogP contribution in [0.2, 0.25) is 0 Å². The number of nitrogens with two attached hydrogens (primary N) is 1. The fourth-order valence-electron chi connectivity index (χ4n) is 3.29. The van der Waals surface area contributed by atoms with Gasteiger partial charge in [-0.25, -0.2) is 13.6 Å². The van der Waals surface area contributed by atoms with E-state index in [0.29, 0.717) is 28.0 Å². The van der Waals surface area contributed by atoms with Gasteiger partial charge in [0.05, 0.1) is 11.3 Å². The smallest absolute Gasteiger partial charge is 0.387 e. The second-order valence-electron chi connectivity index (χ2n) is 6.25. The zero-order valence-electron chi connectivity index (χ0n) is 14.3. The number of benzene rings is 2. The van der Waals surface area contributed by atoms with Crippen LogP contribution in [0.1, 0.15) is 22.1 Å². The van der Waals surface area contributed by atoms with Crippen molar-refractivity contribution in [1.29, 1.82) is 0 Å². The van der Waals surface area contributed by atoms with Crippen LogP contribution in [0.4, 0.5) is 8.78 Å². The van der Waals surface area contributed by atoms with E-state index in [1.807, 2.05) is 17.5 Å². The molecule has 0 amide bonds. The van der Waals surface area contributed by atoms with Gasteiger partial charge in [-0.15, -0.1) is 11.3 Å². The van der Waals surface area contributed by atoms with E-state index in [-0.39, 0.29) is 11.5 Å². The summed E-state index contributed by atoms with van der Waals surface area (Å²) in [5.74, 6) is 0.0836. The Bertz CT molecular complexity index is 1110. The highest BCUT2D eigenvalue weighted by molar-refractivity contribution is 7.88. The van der Waals surface area contributed by atoms with Crippen molar-refractivity contribution in [2.45, 2.75) is 18.5 Å². The molecule has 0 bridgehead atoms. The molecule has 9 heteroatoms. The molecule has 2 heterocycles. The zero-order chi connectivity index (χ0) is 19.9. The van der Waals surface area contributed by atoms with Crippen LogP contribution in [0.15, 0.2) is 53.9 Å². The van der Waals surface area contributed by atoms with E-state index in [1.54, 1.807) is 30.3 Å². The third-order valence-electron chi connectivity index (χ3n) is 4.29. The fourth-order valence-corrected chi connectivity index (χ4v) is 4.70. The lowest BCUT2D eigenvalue weighted by atomic mass is 9.90. The van der Waals surface area contributed by atoms with Crippen molar-refractivity contribution < 1.29 is 26.7 Å². The standard InChI is InChI=1S/C19H15F2NO4S2/c20-19(21)26-15-4-1-3-14-17(15)12-7-6-11(10-28(22,23)24)9-13(12)18(25-14)16-5-2-8-27-16/h1-9,18-19H,10H2,(H2,22,23,24). The summed E-state index contributed by atoms with van der Waals surface area (Å²) in [5, 5.41) is 7.07. The van der Waals surface area contributed by atoms with Crippen LogP contribution in [0.25, 0.3) is 11.1 Å². The number of sulfonamides is 1. The first-order chi connectivity index (χ1) is 13.3. The van der Waals surface area contributed by atoms with Crippen molar-refractivity contribution in [1.82, 2.24) is 0 Å². The third-order valence-corrected chi connectivity index (χ3v) is 5.94. The predicted octanol–water partition coefficient (Wildman–Crippen LogP) is 4.29. The van der Waals surface area contributed by atoms with Gasteiger partial charge < -0.3 is 9.47 Å². The van der Waals surface area contributed by atoms with Crippen LogP contribution < -0.4 is 14.6 Å². The summed E-state index contributed by atoms with van der Waals surface area (Å²) in [6, 6.07) is 13.5. The number of primary sulfonamides is 1. The fraction of sp³-hybridized carbons (Fsp3) is 0.158. The Kier molecular flexibility index (Phi) is 4.82. The number of fused-ring (bicyclic) bond motifs is 3. The topological polar surface area (TPSA) is 78.6 Å². The Labute approximate surface area is 164 Å². The normalized spacial score (nSPS) is 15.6. The van der Waals surface area contributed by atoms with Gasteiger partial charge in [0.1, 0.15) is 11.5 Å². The maximum atomic E-state index is 12.9. The molecule has 0 aliphatic carbocycles. The maximum absolute atomic E-state index is 12.9. The lowest BCUT2D eigenvalue weighted by Crippen LogP contribution is -2.18. The van der Waals surface area contributed by atoms with Gasteiger partial charge in [-0.1, -0.05) is 30.3 Å². The molecule has 1 atom stereocenters. The Balaban J connectivity index is 1.90. The SMILES string of the molecule is NS(=O)(=O)Cc1ccc2c(c1)C(c1cccs1)Oc1cccc(OC(F)F)c1-2. The highest BCUT2D eigenvalue weighted by atomic mass is 32.2. The number of hydrogen-bond acceptors (Lipinski definition) is 5. The average molecular weight is 423 g/mol. The summed E-state index contributed by atoms with van der Waals surface area (Å²) in [6.07, 6.45) is -0.496. The van der Waals surface area contributed by atoms with Gasteiger partial charge in [-0.3, -0.25) is 0 Å². The first-order valence-electron chi connectivity index (χ1n) is 8.23. The molecule has 2 aromatic carbocycles. The summed E-state index contributed by atoms with van der Waals surface area (Å²) >= 11 is 1.48. The van der Waals surface area contributed by atoms with Crippen LogP contribution in [0, 0.1) is 0 Å². The predicted molar refractivity (Wildman–Crippen MR) is 102 cm³/mol. The summed E-state index contributed by atoms with van der Waals surface area (Å²) in [7, 11) is -3.72. The molecule has 1 aromatic heterocycles. The Morgan fingerprint density at radius 1 is 1.18 bits per heavy atom. The summed E-state index contributed by atoms with van der Waals surface area (Å²) in [5.41, 5.74) is 2.21. The van der Waals surface area contributed by atoms with Gasteiger partial charge in [0.2, 0.25) is 10.0 Å². The van der Waals surface area contributed by atoms with Crippen molar-refractivity contribution in [3.05, 3.63) is 69.9 Å². The largest absolute Gasteiger partial charge is 0.479 e. The molecule has 0 fully saturated rings.